The van der Waals surface area contributed by atoms with Crippen LogP contribution in [0.5, 0.6) is 0 Å². The van der Waals surface area contributed by atoms with Crippen LogP contribution in [0.2, 0.25) is 0 Å². The van der Waals surface area contributed by atoms with Crippen molar-refractivity contribution in [3.63, 3.8) is 0 Å². The van der Waals surface area contributed by atoms with E-state index in [0.717, 1.165) is 12.5 Å². The Labute approximate surface area is 101 Å². The Bertz CT molecular complexity index is 290. The standard InChI is InChI=1S/C12H19NS2/c1-2-11-4-6-15-12(11)8-13-7-10-3-5-14-9-10/h4,6,10,13H,2-3,5,7-9H2,1H3. The Hall–Kier alpha value is 0.01000. The third-order valence-electron chi connectivity index (χ3n) is 2.96. The highest BCUT2D eigenvalue weighted by Gasteiger charge is 2.14. The number of nitrogens with one attached hydrogen (secondary N) is 1. The van der Waals surface area contributed by atoms with Crippen LogP contribution in [-0.2, 0) is 13.0 Å². The molecule has 1 fully saturated rings. The normalized spacial score (nSPS) is 21.0. The molecule has 0 spiro atoms. The summed E-state index contributed by atoms with van der Waals surface area (Å²) in [6.07, 6.45) is 2.57. The molecule has 3 heteroatoms. The van der Waals surface area contributed by atoms with Gasteiger partial charge in [0.25, 0.3) is 0 Å². The Kier molecular flexibility index (Phi) is 4.54. The molecular formula is C12H19NS2. The van der Waals surface area contributed by atoms with Crippen LogP contribution in [0.4, 0.5) is 0 Å². The van der Waals surface area contributed by atoms with E-state index in [-0.39, 0.29) is 0 Å². The molecule has 15 heavy (non-hydrogen) atoms. The highest BCUT2D eigenvalue weighted by atomic mass is 32.2. The summed E-state index contributed by atoms with van der Waals surface area (Å²) in [5, 5.41) is 5.81. The molecule has 0 bridgehead atoms. The van der Waals surface area contributed by atoms with E-state index in [1.54, 1.807) is 0 Å². The van der Waals surface area contributed by atoms with E-state index < -0.39 is 0 Å². The molecule has 1 N–H and O–H groups in total. The summed E-state index contributed by atoms with van der Waals surface area (Å²) >= 11 is 3.99. The number of aryl methyl sites for hydroxylation is 1. The maximum atomic E-state index is 3.60. The highest BCUT2D eigenvalue weighted by molar-refractivity contribution is 7.99. The van der Waals surface area contributed by atoms with Gasteiger partial charge in [0.15, 0.2) is 0 Å². The third-order valence-corrected chi connectivity index (χ3v) is 5.16. The largest absolute Gasteiger partial charge is 0.312 e. The van der Waals surface area contributed by atoms with Crippen LogP contribution in [0.25, 0.3) is 0 Å². The van der Waals surface area contributed by atoms with E-state index in [4.69, 9.17) is 0 Å². The lowest BCUT2D eigenvalue weighted by Crippen LogP contribution is -2.22. The van der Waals surface area contributed by atoms with Crippen molar-refractivity contribution in [1.82, 2.24) is 5.32 Å². The van der Waals surface area contributed by atoms with Crippen molar-refractivity contribution in [2.45, 2.75) is 26.3 Å². The van der Waals surface area contributed by atoms with Gasteiger partial charge in [-0.15, -0.1) is 11.3 Å². The van der Waals surface area contributed by atoms with Gasteiger partial charge in [0.1, 0.15) is 0 Å². The molecule has 84 valence electrons. The Morgan fingerprint density at radius 1 is 1.53 bits per heavy atom. The van der Waals surface area contributed by atoms with Crippen molar-refractivity contribution < 1.29 is 0 Å². The first-order chi connectivity index (χ1) is 7.40. The topological polar surface area (TPSA) is 12.0 Å². The maximum absolute atomic E-state index is 3.60. The smallest absolute Gasteiger partial charge is 0.0302 e. The van der Waals surface area contributed by atoms with Gasteiger partial charge < -0.3 is 5.32 Å². The van der Waals surface area contributed by atoms with Gasteiger partial charge in [-0.05, 0) is 53.8 Å². The van der Waals surface area contributed by atoms with E-state index in [1.165, 1.54) is 41.3 Å². The van der Waals surface area contributed by atoms with Gasteiger partial charge >= 0.3 is 0 Å². The van der Waals surface area contributed by atoms with Gasteiger partial charge in [0.2, 0.25) is 0 Å². The van der Waals surface area contributed by atoms with Crippen molar-refractivity contribution in [3.05, 3.63) is 21.9 Å². The summed E-state index contributed by atoms with van der Waals surface area (Å²) in [7, 11) is 0. The SMILES string of the molecule is CCc1ccsc1CNCC1CCSC1. The van der Waals surface area contributed by atoms with Crippen molar-refractivity contribution in [1.29, 1.82) is 0 Å². The van der Waals surface area contributed by atoms with E-state index in [9.17, 15) is 0 Å². The van der Waals surface area contributed by atoms with Crippen molar-refractivity contribution in [2.24, 2.45) is 5.92 Å². The molecule has 0 radical (unpaired) electrons. The number of rotatable bonds is 5. The average molecular weight is 241 g/mol. The molecule has 2 heterocycles. The van der Waals surface area contributed by atoms with E-state index in [1.807, 2.05) is 11.3 Å². The third kappa shape index (κ3) is 3.23. The minimum Gasteiger partial charge on any atom is -0.312 e. The summed E-state index contributed by atoms with van der Waals surface area (Å²) in [6, 6.07) is 2.26. The van der Waals surface area contributed by atoms with Gasteiger partial charge in [-0.1, -0.05) is 6.92 Å². The Morgan fingerprint density at radius 2 is 2.47 bits per heavy atom. The van der Waals surface area contributed by atoms with E-state index in [2.05, 4.69) is 35.4 Å². The molecule has 1 unspecified atom stereocenters. The van der Waals surface area contributed by atoms with Crippen LogP contribution >= 0.6 is 23.1 Å². The highest BCUT2D eigenvalue weighted by Crippen LogP contribution is 2.23. The molecule has 1 nitrogen and oxygen atoms in total. The molecule has 1 saturated heterocycles. The summed E-state index contributed by atoms with van der Waals surface area (Å²) in [6.45, 7) is 4.51. The zero-order chi connectivity index (χ0) is 10.5. The monoisotopic (exact) mass is 241 g/mol. The first-order valence-corrected chi connectivity index (χ1v) is 7.77. The van der Waals surface area contributed by atoms with Crippen LogP contribution in [0.15, 0.2) is 11.4 Å². The fourth-order valence-electron chi connectivity index (χ4n) is 1.97. The Balaban J connectivity index is 1.73. The molecule has 1 aliphatic rings. The molecule has 1 aliphatic heterocycles. The van der Waals surface area contributed by atoms with Crippen molar-refractivity contribution >= 4 is 23.1 Å². The quantitative estimate of drug-likeness (QED) is 0.850. The van der Waals surface area contributed by atoms with Crippen LogP contribution < -0.4 is 5.32 Å². The molecule has 1 aromatic heterocycles. The second-order valence-corrected chi connectivity index (χ2v) is 6.23. The van der Waals surface area contributed by atoms with E-state index in [0.29, 0.717) is 0 Å². The fourth-order valence-corrected chi connectivity index (χ4v) is 4.20. The summed E-state index contributed by atoms with van der Waals surface area (Å²) in [5.74, 6) is 3.64. The van der Waals surface area contributed by atoms with Crippen LogP contribution in [-0.4, -0.2) is 18.1 Å². The zero-order valence-electron chi connectivity index (χ0n) is 9.29. The number of thiophene rings is 1. The average Bonchev–Trinajstić information content (AvgIpc) is 2.88. The summed E-state index contributed by atoms with van der Waals surface area (Å²) < 4.78 is 0. The van der Waals surface area contributed by atoms with E-state index >= 15 is 0 Å². The summed E-state index contributed by atoms with van der Waals surface area (Å²) in [5.41, 5.74) is 1.52. The predicted molar refractivity (Wildman–Crippen MR) is 70.8 cm³/mol. The minimum absolute atomic E-state index is 0.917. The lowest BCUT2D eigenvalue weighted by molar-refractivity contribution is 0.524. The molecule has 0 amide bonds. The molecule has 0 aromatic carbocycles. The predicted octanol–water partition coefficient (Wildman–Crippen LogP) is 3.15. The second-order valence-electron chi connectivity index (χ2n) is 4.08. The maximum Gasteiger partial charge on any atom is 0.0302 e. The first-order valence-electron chi connectivity index (χ1n) is 5.74. The minimum atomic E-state index is 0.917. The lowest BCUT2D eigenvalue weighted by Gasteiger charge is -2.09. The van der Waals surface area contributed by atoms with Gasteiger partial charge in [0.05, 0.1) is 0 Å². The molecule has 1 atom stereocenters. The van der Waals surface area contributed by atoms with Crippen LogP contribution in [0.1, 0.15) is 23.8 Å². The summed E-state index contributed by atoms with van der Waals surface area (Å²) in [4.78, 5) is 1.53. The second kappa shape index (κ2) is 5.92. The van der Waals surface area contributed by atoms with Gasteiger partial charge in [-0.25, -0.2) is 0 Å². The Morgan fingerprint density at radius 3 is 3.20 bits per heavy atom. The number of thioether (sulfide) groups is 1. The fraction of sp³-hybridized carbons (Fsp3) is 0.667. The van der Waals surface area contributed by atoms with Gasteiger partial charge in [-0.2, -0.15) is 11.8 Å². The molecule has 2 rings (SSSR count). The molecule has 0 saturated carbocycles. The zero-order valence-corrected chi connectivity index (χ0v) is 10.9. The molecule has 0 aliphatic carbocycles. The number of hydrogen-bond donors (Lipinski definition) is 1. The van der Waals surface area contributed by atoms with Crippen LogP contribution in [0.3, 0.4) is 0 Å². The van der Waals surface area contributed by atoms with Crippen molar-refractivity contribution in [2.75, 3.05) is 18.1 Å². The van der Waals surface area contributed by atoms with Gasteiger partial charge in [-0.3, -0.25) is 0 Å². The van der Waals surface area contributed by atoms with Gasteiger partial charge in [0, 0.05) is 11.4 Å². The molecule has 1 aromatic rings. The van der Waals surface area contributed by atoms with Crippen molar-refractivity contribution in [3.8, 4) is 0 Å². The molecular weight excluding hydrogens is 222 g/mol. The number of hydrogen-bond acceptors (Lipinski definition) is 3. The van der Waals surface area contributed by atoms with Crippen LogP contribution in [0, 0.1) is 5.92 Å². The first kappa shape index (κ1) is 11.5. The lowest BCUT2D eigenvalue weighted by atomic mass is 10.1.